The Hall–Kier alpha value is -0.610. The third-order valence-electron chi connectivity index (χ3n) is 12.5. The van der Waals surface area contributed by atoms with Crippen molar-refractivity contribution in [3.8, 4) is 0 Å². The average molecular weight is 449 g/mol. The lowest BCUT2D eigenvalue weighted by Crippen LogP contribution is -2.69. The van der Waals surface area contributed by atoms with Crippen LogP contribution in [0.2, 0.25) is 0 Å². The lowest BCUT2D eigenvalue weighted by Gasteiger charge is -2.72. The summed E-state index contributed by atoms with van der Waals surface area (Å²) in [5, 5.41) is 31.8. The molecule has 4 saturated carbocycles. The maximum Gasteiger partial charge on any atom is 0.303 e. The Morgan fingerprint density at radius 3 is 2.16 bits per heavy atom. The molecular formula is C28H48O4. The first-order valence-corrected chi connectivity index (χ1v) is 13.4. The van der Waals surface area contributed by atoms with Gasteiger partial charge >= 0.3 is 5.97 Å². The third-order valence-corrected chi connectivity index (χ3v) is 12.5. The minimum atomic E-state index is -0.689. The fourth-order valence-corrected chi connectivity index (χ4v) is 10.4. The van der Waals surface area contributed by atoms with Gasteiger partial charge in [0.25, 0.3) is 0 Å². The van der Waals surface area contributed by atoms with Gasteiger partial charge in [0.05, 0.1) is 12.2 Å². The minimum absolute atomic E-state index is 0.0685. The zero-order chi connectivity index (χ0) is 23.7. The van der Waals surface area contributed by atoms with Gasteiger partial charge in [-0.1, -0.05) is 48.0 Å². The normalized spacial score (nSPS) is 53.8. The van der Waals surface area contributed by atoms with Crippen LogP contribution in [0.15, 0.2) is 0 Å². The van der Waals surface area contributed by atoms with Crippen LogP contribution in [0.4, 0.5) is 0 Å². The van der Waals surface area contributed by atoms with Crippen molar-refractivity contribution in [1.29, 1.82) is 0 Å². The van der Waals surface area contributed by atoms with Crippen LogP contribution >= 0.6 is 0 Å². The highest BCUT2D eigenvalue weighted by molar-refractivity contribution is 5.66. The highest BCUT2D eigenvalue weighted by Gasteiger charge is 2.73. The Balaban J connectivity index is 1.73. The molecule has 4 nitrogen and oxygen atoms in total. The van der Waals surface area contributed by atoms with Crippen LogP contribution < -0.4 is 0 Å². The number of hydrogen-bond donors (Lipinski definition) is 3. The van der Waals surface area contributed by atoms with E-state index >= 15 is 0 Å². The monoisotopic (exact) mass is 448 g/mol. The first-order chi connectivity index (χ1) is 14.9. The van der Waals surface area contributed by atoms with Gasteiger partial charge in [0, 0.05) is 6.42 Å². The summed E-state index contributed by atoms with van der Waals surface area (Å²) in [6, 6.07) is 0. The Morgan fingerprint density at radius 1 is 0.938 bits per heavy atom. The van der Waals surface area contributed by atoms with Gasteiger partial charge in [-0.15, -0.1) is 0 Å². The fourth-order valence-electron chi connectivity index (χ4n) is 10.4. The van der Waals surface area contributed by atoms with E-state index < -0.39 is 5.97 Å². The summed E-state index contributed by atoms with van der Waals surface area (Å²) < 4.78 is 0. The highest BCUT2D eigenvalue weighted by Crippen LogP contribution is 2.78. The SMILES string of the molecule is CC[C@H]1[C@@H](O)[C@@H]2[C@](C)(CC[C@]3(C)[C@@H]([C@H](C)CCC(=O)O)CC[C@@]23C)[C@@]2(C)CC[C@@H](O)C[C@@H]12. The number of fused-ring (bicyclic) bond motifs is 5. The van der Waals surface area contributed by atoms with Crippen LogP contribution in [0, 0.1) is 51.2 Å². The van der Waals surface area contributed by atoms with Crippen molar-refractivity contribution in [1.82, 2.24) is 0 Å². The molecule has 0 heterocycles. The topological polar surface area (TPSA) is 77.8 Å². The molecule has 0 bridgehead atoms. The molecule has 4 rings (SSSR count). The number of aliphatic carboxylic acids is 1. The van der Waals surface area contributed by atoms with Crippen molar-refractivity contribution in [2.45, 2.75) is 118 Å². The van der Waals surface area contributed by atoms with Crippen LogP contribution in [0.3, 0.4) is 0 Å². The molecule has 4 aliphatic carbocycles. The van der Waals surface area contributed by atoms with Gasteiger partial charge in [0.2, 0.25) is 0 Å². The molecule has 0 saturated heterocycles. The Morgan fingerprint density at radius 2 is 1.53 bits per heavy atom. The van der Waals surface area contributed by atoms with Crippen LogP contribution in [0.1, 0.15) is 106 Å². The van der Waals surface area contributed by atoms with Gasteiger partial charge < -0.3 is 15.3 Å². The molecule has 0 spiro atoms. The molecular weight excluding hydrogens is 400 g/mol. The van der Waals surface area contributed by atoms with Crippen LogP contribution in [0.25, 0.3) is 0 Å². The zero-order valence-electron chi connectivity index (χ0n) is 21.4. The van der Waals surface area contributed by atoms with Crippen LogP contribution in [-0.2, 0) is 4.79 Å². The third kappa shape index (κ3) is 3.10. The van der Waals surface area contributed by atoms with Crippen molar-refractivity contribution < 1.29 is 20.1 Å². The van der Waals surface area contributed by atoms with E-state index in [0.29, 0.717) is 17.8 Å². The average Bonchev–Trinajstić information content (AvgIpc) is 2.99. The predicted molar refractivity (Wildman–Crippen MR) is 127 cm³/mol. The van der Waals surface area contributed by atoms with E-state index in [0.717, 1.165) is 51.4 Å². The molecule has 4 fully saturated rings. The number of aliphatic hydroxyl groups is 2. The van der Waals surface area contributed by atoms with Crippen molar-refractivity contribution >= 4 is 5.97 Å². The van der Waals surface area contributed by atoms with E-state index in [1.165, 1.54) is 6.42 Å². The first-order valence-electron chi connectivity index (χ1n) is 13.4. The van der Waals surface area contributed by atoms with Gasteiger partial charge in [-0.3, -0.25) is 4.79 Å². The molecule has 0 aliphatic heterocycles. The van der Waals surface area contributed by atoms with E-state index in [1.807, 2.05) is 0 Å². The molecule has 3 N–H and O–H groups in total. The van der Waals surface area contributed by atoms with E-state index in [1.54, 1.807) is 0 Å². The van der Waals surface area contributed by atoms with E-state index in [4.69, 9.17) is 0 Å². The highest BCUT2D eigenvalue weighted by atomic mass is 16.4. The molecule has 184 valence electrons. The zero-order valence-corrected chi connectivity index (χ0v) is 21.4. The summed E-state index contributed by atoms with van der Waals surface area (Å²) in [5.74, 6) is 1.17. The molecule has 11 atom stereocenters. The lowest BCUT2D eigenvalue weighted by atomic mass is 9.32. The fraction of sp³-hybridized carbons (Fsp3) is 0.964. The van der Waals surface area contributed by atoms with E-state index in [9.17, 15) is 20.1 Å². The van der Waals surface area contributed by atoms with Gasteiger partial charge in [0.1, 0.15) is 0 Å². The second kappa shape index (κ2) is 7.97. The summed E-state index contributed by atoms with van der Waals surface area (Å²) in [5.41, 5.74) is 0.454. The Kier molecular flexibility index (Phi) is 6.11. The summed E-state index contributed by atoms with van der Waals surface area (Å²) in [4.78, 5) is 11.2. The molecule has 0 aromatic carbocycles. The molecule has 0 aromatic heterocycles. The maximum atomic E-state index is 12.0. The van der Waals surface area contributed by atoms with Gasteiger partial charge in [-0.05, 0) is 103 Å². The van der Waals surface area contributed by atoms with Gasteiger partial charge in [0.15, 0.2) is 0 Å². The van der Waals surface area contributed by atoms with E-state index in [-0.39, 0.29) is 52.1 Å². The maximum absolute atomic E-state index is 12.0. The number of carboxylic acid groups (broad SMARTS) is 1. The quantitative estimate of drug-likeness (QED) is 0.490. The van der Waals surface area contributed by atoms with Crippen molar-refractivity contribution in [3.63, 3.8) is 0 Å². The van der Waals surface area contributed by atoms with E-state index in [2.05, 4.69) is 41.5 Å². The smallest absolute Gasteiger partial charge is 0.303 e. The van der Waals surface area contributed by atoms with Gasteiger partial charge in [-0.25, -0.2) is 0 Å². The Labute approximate surface area is 195 Å². The largest absolute Gasteiger partial charge is 0.481 e. The minimum Gasteiger partial charge on any atom is -0.481 e. The molecule has 0 radical (unpaired) electrons. The second-order valence-electron chi connectivity index (χ2n) is 13.3. The lowest BCUT2D eigenvalue weighted by molar-refractivity contribution is -0.273. The summed E-state index contributed by atoms with van der Waals surface area (Å²) in [6.45, 7) is 14.4. The predicted octanol–water partition coefficient (Wildman–Crippen LogP) is 5.89. The number of carboxylic acids is 1. The molecule has 32 heavy (non-hydrogen) atoms. The summed E-state index contributed by atoms with van der Waals surface area (Å²) in [7, 11) is 0. The summed E-state index contributed by atoms with van der Waals surface area (Å²) in [6.07, 6.45) is 8.88. The van der Waals surface area contributed by atoms with Crippen molar-refractivity contribution in [3.05, 3.63) is 0 Å². The molecule has 4 heteroatoms. The standard InChI is InChI=1S/C28H48O4/c1-7-19-21-16-18(29)10-12-25(21,3)28(6)15-14-26(4)20(17(2)8-9-22(30)31)11-13-27(26,5)24(28)23(19)32/h17-21,23-24,29,32H,7-16H2,1-6H3,(H,30,31)/t17-,18-,19-,20-,21+,23-,24+,25+,26-,27+,28+/m1/s1. The van der Waals surface area contributed by atoms with Crippen molar-refractivity contribution in [2.75, 3.05) is 0 Å². The van der Waals surface area contributed by atoms with Gasteiger partial charge in [-0.2, -0.15) is 0 Å². The van der Waals surface area contributed by atoms with Crippen molar-refractivity contribution in [2.24, 2.45) is 51.2 Å². The van der Waals surface area contributed by atoms with Crippen LogP contribution in [0.5, 0.6) is 0 Å². The van der Waals surface area contributed by atoms with Crippen LogP contribution in [-0.4, -0.2) is 33.5 Å². The summed E-state index contributed by atoms with van der Waals surface area (Å²) >= 11 is 0. The molecule has 0 aromatic rings. The number of rotatable bonds is 5. The molecule has 0 amide bonds. The molecule has 4 aliphatic rings. The number of carbonyl (C=O) groups is 1. The number of hydrogen-bond acceptors (Lipinski definition) is 3. The Bertz CT molecular complexity index is 737. The second-order valence-corrected chi connectivity index (χ2v) is 13.3. The number of aliphatic hydroxyl groups excluding tert-OH is 2. The molecule has 0 unspecified atom stereocenters. The first kappa shape index (κ1) is 24.5.